The van der Waals surface area contributed by atoms with Crippen LogP contribution in [0.15, 0.2) is 47.4 Å². The highest BCUT2D eigenvalue weighted by Gasteiger charge is 2.17. The van der Waals surface area contributed by atoms with Gasteiger partial charge in [0.25, 0.3) is 5.56 Å². The normalized spacial score (nSPS) is 10.9. The Morgan fingerprint density at radius 2 is 1.74 bits per heavy atom. The fourth-order valence-electron chi connectivity index (χ4n) is 3.50. The third kappa shape index (κ3) is 4.15. The summed E-state index contributed by atoms with van der Waals surface area (Å²) in [5, 5.41) is 7.79. The van der Waals surface area contributed by atoms with Crippen LogP contribution in [-0.4, -0.2) is 27.6 Å². The van der Waals surface area contributed by atoms with Gasteiger partial charge in [-0.25, -0.2) is 22.9 Å². The molecule has 8 nitrogen and oxygen atoms in total. The molecular formula is C23H19F3N6O2. The Balaban J connectivity index is 1.73. The van der Waals surface area contributed by atoms with Gasteiger partial charge in [0.15, 0.2) is 11.6 Å². The molecule has 174 valence electrons. The van der Waals surface area contributed by atoms with Crippen LogP contribution in [0.2, 0.25) is 0 Å². The first kappa shape index (κ1) is 22.8. The van der Waals surface area contributed by atoms with E-state index in [2.05, 4.69) is 25.9 Å². The molecule has 4 rings (SSSR count). The number of pyridine rings is 1. The van der Waals surface area contributed by atoms with E-state index in [1.54, 1.807) is 33.3 Å². The summed E-state index contributed by atoms with van der Waals surface area (Å²) in [6.07, 6.45) is 1.55. The Morgan fingerprint density at radius 3 is 2.47 bits per heavy atom. The number of urea groups is 1. The van der Waals surface area contributed by atoms with E-state index in [4.69, 9.17) is 0 Å². The van der Waals surface area contributed by atoms with E-state index < -0.39 is 29.2 Å². The number of aryl methyl sites for hydroxylation is 2. The Labute approximate surface area is 191 Å². The molecule has 2 heterocycles. The number of rotatable bonds is 4. The second-order valence-corrected chi connectivity index (χ2v) is 7.47. The van der Waals surface area contributed by atoms with E-state index in [1.165, 1.54) is 16.7 Å². The van der Waals surface area contributed by atoms with Gasteiger partial charge in [0.1, 0.15) is 11.5 Å². The molecule has 0 saturated heterocycles. The molecule has 0 aliphatic heterocycles. The Morgan fingerprint density at radius 1 is 1.00 bits per heavy atom. The first-order chi connectivity index (χ1) is 16.2. The van der Waals surface area contributed by atoms with Crippen LogP contribution in [0.25, 0.3) is 22.2 Å². The Kier molecular flexibility index (Phi) is 5.93. The van der Waals surface area contributed by atoms with Gasteiger partial charge in [-0.1, -0.05) is 6.07 Å². The molecule has 0 unspecified atom stereocenters. The topological polar surface area (TPSA) is 101 Å². The minimum Gasteiger partial charge on any atom is -0.357 e. The molecule has 0 aliphatic carbocycles. The summed E-state index contributed by atoms with van der Waals surface area (Å²) in [7, 11) is 3.21. The van der Waals surface area contributed by atoms with Crippen molar-refractivity contribution in [2.45, 2.75) is 6.92 Å². The maximum absolute atomic E-state index is 14.6. The average molecular weight is 468 g/mol. The van der Waals surface area contributed by atoms with Gasteiger partial charge in [0.2, 0.25) is 5.95 Å². The average Bonchev–Trinajstić information content (AvgIpc) is 2.81. The van der Waals surface area contributed by atoms with Crippen molar-refractivity contribution in [2.24, 2.45) is 7.05 Å². The Bertz CT molecular complexity index is 1500. The monoisotopic (exact) mass is 468 g/mol. The minimum atomic E-state index is -1.24. The smallest absolute Gasteiger partial charge is 0.323 e. The third-order valence-electron chi connectivity index (χ3n) is 5.22. The molecule has 34 heavy (non-hydrogen) atoms. The highest BCUT2D eigenvalue weighted by Crippen LogP contribution is 2.29. The molecule has 4 aromatic rings. The number of aromatic nitrogens is 3. The largest absolute Gasteiger partial charge is 0.357 e. The quantitative estimate of drug-likeness (QED) is 0.412. The van der Waals surface area contributed by atoms with Gasteiger partial charge in [-0.3, -0.25) is 9.36 Å². The van der Waals surface area contributed by atoms with Crippen LogP contribution in [0.4, 0.5) is 35.3 Å². The van der Waals surface area contributed by atoms with Crippen LogP contribution >= 0.6 is 0 Å². The van der Waals surface area contributed by atoms with Gasteiger partial charge in [0, 0.05) is 31.2 Å². The lowest BCUT2D eigenvalue weighted by atomic mass is 9.99. The molecule has 2 aromatic heterocycles. The maximum atomic E-state index is 14.6. The van der Waals surface area contributed by atoms with Gasteiger partial charge >= 0.3 is 6.03 Å². The van der Waals surface area contributed by atoms with E-state index in [0.717, 1.165) is 18.2 Å². The van der Waals surface area contributed by atoms with Gasteiger partial charge in [-0.2, -0.15) is 4.98 Å². The van der Waals surface area contributed by atoms with Crippen molar-refractivity contribution < 1.29 is 18.0 Å². The standard InChI is InChI=1S/C23H19F3N6O2/c1-11-7-16(25)18(30-23(34)29-17-6-4-5-15(24)19(17)26)9-13(11)14-8-12-10-28-22(27-2)31-20(12)32(3)21(14)33/h4-10H,1-3H3,(H,27,28,31)(H2,29,30,34). The van der Waals surface area contributed by atoms with Crippen LogP contribution in [0.5, 0.6) is 0 Å². The summed E-state index contributed by atoms with van der Waals surface area (Å²) < 4.78 is 43.2. The number of amides is 2. The molecular weight excluding hydrogens is 449 g/mol. The lowest BCUT2D eigenvalue weighted by molar-refractivity contribution is 0.262. The fourth-order valence-corrected chi connectivity index (χ4v) is 3.50. The number of carbonyl (C=O) groups is 1. The molecule has 0 fully saturated rings. The van der Waals surface area contributed by atoms with Gasteiger partial charge in [-0.05, 0) is 48.4 Å². The molecule has 0 atom stereocenters. The highest BCUT2D eigenvalue weighted by atomic mass is 19.2. The summed E-state index contributed by atoms with van der Waals surface area (Å²) >= 11 is 0. The molecule has 0 spiro atoms. The third-order valence-corrected chi connectivity index (χ3v) is 5.22. The van der Waals surface area contributed by atoms with Crippen molar-refractivity contribution in [2.75, 3.05) is 23.0 Å². The van der Waals surface area contributed by atoms with Crippen molar-refractivity contribution in [1.29, 1.82) is 0 Å². The number of nitrogens with zero attached hydrogens (tertiary/aromatic N) is 3. The number of nitrogens with one attached hydrogen (secondary N) is 3. The maximum Gasteiger partial charge on any atom is 0.323 e. The zero-order valence-corrected chi connectivity index (χ0v) is 18.3. The SMILES string of the molecule is CNc1ncc2cc(-c3cc(NC(=O)Nc4cccc(F)c4F)c(F)cc3C)c(=O)n(C)c2n1. The lowest BCUT2D eigenvalue weighted by Crippen LogP contribution is -2.22. The van der Waals surface area contributed by atoms with E-state index in [1.807, 2.05) is 0 Å². The summed E-state index contributed by atoms with van der Waals surface area (Å²) in [4.78, 5) is 33.8. The van der Waals surface area contributed by atoms with E-state index in [0.29, 0.717) is 28.1 Å². The molecule has 0 aliphatic rings. The number of benzene rings is 2. The zero-order chi connectivity index (χ0) is 24.6. The Hall–Kier alpha value is -4.41. The number of fused-ring (bicyclic) bond motifs is 1. The summed E-state index contributed by atoms with van der Waals surface area (Å²) in [6.45, 7) is 1.62. The van der Waals surface area contributed by atoms with E-state index in [-0.39, 0.29) is 16.8 Å². The van der Waals surface area contributed by atoms with Gasteiger partial charge in [0.05, 0.1) is 11.4 Å². The van der Waals surface area contributed by atoms with Crippen molar-refractivity contribution in [1.82, 2.24) is 14.5 Å². The predicted octanol–water partition coefficient (Wildman–Crippen LogP) is 4.41. The van der Waals surface area contributed by atoms with Crippen LogP contribution in [0, 0.1) is 24.4 Å². The molecule has 0 radical (unpaired) electrons. The zero-order valence-electron chi connectivity index (χ0n) is 18.3. The fraction of sp³-hybridized carbons (Fsp3) is 0.130. The van der Waals surface area contributed by atoms with E-state index >= 15 is 0 Å². The van der Waals surface area contributed by atoms with Crippen molar-refractivity contribution in [3.05, 3.63) is 76.0 Å². The molecule has 11 heteroatoms. The second-order valence-electron chi connectivity index (χ2n) is 7.47. The van der Waals surface area contributed by atoms with Crippen LogP contribution in [0.3, 0.4) is 0 Å². The second kappa shape index (κ2) is 8.85. The number of hydrogen-bond acceptors (Lipinski definition) is 5. The van der Waals surface area contributed by atoms with Crippen molar-refractivity contribution in [3.8, 4) is 11.1 Å². The van der Waals surface area contributed by atoms with E-state index in [9.17, 15) is 22.8 Å². The number of halogens is 3. The molecule has 2 amide bonds. The first-order valence-corrected chi connectivity index (χ1v) is 10.1. The molecule has 0 saturated carbocycles. The van der Waals surface area contributed by atoms with Crippen LogP contribution < -0.4 is 21.5 Å². The molecule has 0 bridgehead atoms. The summed E-state index contributed by atoms with van der Waals surface area (Å²) in [6, 6.07) is 6.35. The minimum absolute atomic E-state index is 0.243. The number of anilines is 3. The molecule has 3 N–H and O–H groups in total. The first-order valence-electron chi connectivity index (χ1n) is 10.1. The summed E-state index contributed by atoms with van der Waals surface area (Å²) in [5.74, 6) is -2.80. The van der Waals surface area contributed by atoms with Crippen LogP contribution in [-0.2, 0) is 7.05 Å². The van der Waals surface area contributed by atoms with Gasteiger partial charge < -0.3 is 16.0 Å². The number of carbonyl (C=O) groups excluding carboxylic acids is 1. The highest BCUT2D eigenvalue weighted by molar-refractivity contribution is 6.00. The predicted molar refractivity (Wildman–Crippen MR) is 123 cm³/mol. The van der Waals surface area contributed by atoms with Crippen LogP contribution in [0.1, 0.15) is 5.56 Å². The number of hydrogen-bond donors (Lipinski definition) is 3. The molecule has 2 aromatic carbocycles. The van der Waals surface area contributed by atoms with Crippen molar-refractivity contribution in [3.63, 3.8) is 0 Å². The van der Waals surface area contributed by atoms with Gasteiger partial charge in [-0.15, -0.1) is 0 Å². The summed E-state index contributed by atoms with van der Waals surface area (Å²) in [5.41, 5.74) is 0.418. The lowest BCUT2D eigenvalue weighted by Gasteiger charge is -2.14. The van der Waals surface area contributed by atoms with Crippen molar-refractivity contribution >= 4 is 34.4 Å².